The van der Waals surface area contributed by atoms with Gasteiger partial charge in [0.2, 0.25) is 10.0 Å². The van der Waals surface area contributed by atoms with Crippen molar-refractivity contribution in [1.82, 2.24) is 9.62 Å². The molecule has 3 rings (SSSR count). The summed E-state index contributed by atoms with van der Waals surface area (Å²) in [6.45, 7) is 2.48. The van der Waals surface area contributed by atoms with Gasteiger partial charge in [-0.2, -0.15) is 4.31 Å². The number of benzene rings is 1. The molecule has 0 aromatic heterocycles. The number of rotatable bonds is 4. The number of fused-ring (bicyclic) bond motifs is 2. The van der Waals surface area contributed by atoms with Crippen molar-refractivity contribution >= 4 is 32.6 Å². The minimum Gasteiger partial charge on any atom is -0.311 e. The first-order chi connectivity index (χ1) is 10.0. The molecule has 1 aromatic rings. The van der Waals surface area contributed by atoms with Gasteiger partial charge in [-0.05, 0) is 72.5 Å². The van der Waals surface area contributed by atoms with E-state index in [2.05, 4.69) is 27.9 Å². The van der Waals surface area contributed by atoms with E-state index in [1.165, 1.54) is 12.8 Å². The van der Waals surface area contributed by atoms with E-state index in [1.54, 1.807) is 16.4 Å². The Balaban J connectivity index is 1.86. The van der Waals surface area contributed by atoms with Crippen molar-refractivity contribution in [3.63, 3.8) is 0 Å². The minimum atomic E-state index is -3.38. The van der Waals surface area contributed by atoms with Crippen molar-refractivity contribution in [2.45, 2.75) is 55.6 Å². The first kappa shape index (κ1) is 15.7. The minimum absolute atomic E-state index is 0.137. The predicted octanol–water partition coefficient (Wildman–Crippen LogP) is 2.58. The van der Waals surface area contributed by atoms with Crippen LogP contribution in [0.25, 0.3) is 0 Å². The fourth-order valence-electron chi connectivity index (χ4n) is 3.63. The van der Waals surface area contributed by atoms with Crippen molar-refractivity contribution < 1.29 is 8.42 Å². The van der Waals surface area contributed by atoms with E-state index < -0.39 is 10.0 Å². The summed E-state index contributed by atoms with van der Waals surface area (Å²) in [5.41, 5.74) is 0. The molecule has 4 nitrogen and oxygen atoms in total. The predicted molar refractivity (Wildman–Crippen MR) is 91.7 cm³/mol. The SMILES string of the molecule is CCN(C1CC2CCC(C1)N2)S(=O)(=O)c1ccc(I)cc1. The van der Waals surface area contributed by atoms with Gasteiger partial charge in [0, 0.05) is 28.2 Å². The third kappa shape index (κ3) is 3.13. The van der Waals surface area contributed by atoms with E-state index in [-0.39, 0.29) is 6.04 Å². The van der Waals surface area contributed by atoms with Gasteiger partial charge in [-0.1, -0.05) is 6.92 Å². The van der Waals surface area contributed by atoms with E-state index in [4.69, 9.17) is 0 Å². The number of hydrogen-bond donors (Lipinski definition) is 1. The molecule has 2 aliphatic heterocycles. The number of sulfonamides is 1. The van der Waals surface area contributed by atoms with Crippen LogP contribution in [0.4, 0.5) is 0 Å². The second kappa shape index (κ2) is 6.14. The Kier molecular flexibility index (Phi) is 4.59. The van der Waals surface area contributed by atoms with Crippen molar-refractivity contribution in [3.8, 4) is 0 Å². The number of nitrogens with one attached hydrogen (secondary N) is 1. The molecule has 116 valence electrons. The fraction of sp³-hybridized carbons (Fsp3) is 0.600. The van der Waals surface area contributed by atoms with Crippen LogP contribution < -0.4 is 5.32 Å². The Bertz CT molecular complexity index is 591. The molecule has 21 heavy (non-hydrogen) atoms. The molecule has 0 amide bonds. The second-order valence-corrected chi connectivity index (χ2v) is 9.06. The largest absolute Gasteiger partial charge is 0.311 e. The molecular weight excluding hydrogens is 399 g/mol. The normalized spacial score (nSPS) is 29.0. The van der Waals surface area contributed by atoms with Crippen LogP contribution in [0.1, 0.15) is 32.6 Å². The Morgan fingerprint density at radius 1 is 1.19 bits per heavy atom. The van der Waals surface area contributed by atoms with Crippen LogP contribution in [0, 0.1) is 3.57 Å². The first-order valence-electron chi connectivity index (χ1n) is 7.54. The lowest BCUT2D eigenvalue weighted by molar-refractivity contribution is 0.232. The van der Waals surface area contributed by atoms with Gasteiger partial charge >= 0.3 is 0 Å². The molecule has 2 unspecified atom stereocenters. The molecule has 6 heteroatoms. The van der Waals surface area contributed by atoms with E-state index in [0.717, 1.165) is 16.4 Å². The van der Waals surface area contributed by atoms with Gasteiger partial charge < -0.3 is 5.32 Å². The summed E-state index contributed by atoms with van der Waals surface area (Å²) in [6, 6.07) is 8.27. The van der Waals surface area contributed by atoms with Crippen LogP contribution in [-0.4, -0.2) is 37.4 Å². The van der Waals surface area contributed by atoms with Gasteiger partial charge in [-0.3, -0.25) is 0 Å². The molecular formula is C15H21IN2O2S. The third-order valence-corrected chi connectivity index (χ3v) is 7.35. The highest BCUT2D eigenvalue weighted by atomic mass is 127. The van der Waals surface area contributed by atoms with E-state index in [9.17, 15) is 8.42 Å². The van der Waals surface area contributed by atoms with Gasteiger partial charge in [0.05, 0.1) is 4.90 Å². The summed E-state index contributed by atoms with van der Waals surface area (Å²) in [6.07, 6.45) is 4.24. The Labute approximate surface area is 140 Å². The topological polar surface area (TPSA) is 49.4 Å². The molecule has 0 saturated carbocycles. The van der Waals surface area contributed by atoms with Gasteiger partial charge in [0.25, 0.3) is 0 Å². The molecule has 0 spiro atoms. The lowest BCUT2D eigenvalue weighted by atomic mass is 10.00. The molecule has 2 aliphatic rings. The zero-order valence-electron chi connectivity index (χ0n) is 12.1. The van der Waals surface area contributed by atoms with Crippen molar-refractivity contribution in [3.05, 3.63) is 27.8 Å². The fourth-order valence-corrected chi connectivity index (χ4v) is 5.64. The van der Waals surface area contributed by atoms with Gasteiger partial charge in [-0.25, -0.2) is 8.42 Å². The molecule has 2 atom stereocenters. The molecule has 2 saturated heterocycles. The molecule has 0 radical (unpaired) electrons. The average Bonchev–Trinajstić information content (AvgIpc) is 2.79. The maximum absolute atomic E-state index is 12.9. The van der Waals surface area contributed by atoms with Crippen molar-refractivity contribution in [1.29, 1.82) is 0 Å². The quantitative estimate of drug-likeness (QED) is 0.762. The molecule has 1 N–H and O–H groups in total. The van der Waals surface area contributed by atoms with Crippen LogP contribution in [0.3, 0.4) is 0 Å². The second-order valence-electron chi connectivity index (χ2n) is 5.93. The lowest BCUT2D eigenvalue weighted by Crippen LogP contribution is -2.50. The highest BCUT2D eigenvalue weighted by molar-refractivity contribution is 14.1. The lowest BCUT2D eigenvalue weighted by Gasteiger charge is -2.36. The molecule has 0 aliphatic carbocycles. The highest BCUT2D eigenvalue weighted by Crippen LogP contribution is 2.32. The molecule has 2 fully saturated rings. The Hall–Kier alpha value is -0.180. The number of nitrogens with zero attached hydrogens (tertiary/aromatic N) is 1. The summed E-state index contributed by atoms with van der Waals surface area (Å²) in [5.74, 6) is 0. The van der Waals surface area contributed by atoms with Gasteiger partial charge in [0.1, 0.15) is 0 Å². The maximum atomic E-state index is 12.9. The smallest absolute Gasteiger partial charge is 0.243 e. The zero-order valence-corrected chi connectivity index (χ0v) is 15.1. The average molecular weight is 420 g/mol. The third-order valence-electron chi connectivity index (χ3n) is 4.59. The maximum Gasteiger partial charge on any atom is 0.243 e. The highest BCUT2D eigenvalue weighted by Gasteiger charge is 2.39. The molecule has 1 aromatic carbocycles. The summed E-state index contributed by atoms with van der Waals surface area (Å²) in [7, 11) is -3.38. The Morgan fingerprint density at radius 3 is 2.29 bits per heavy atom. The van der Waals surface area contributed by atoms with E-state index in [0.29, 0.717) is 23.5 Å². The van der Waals surface area contributed by atoms with Crippen LogP contribution in [0.15, 0.2) is 29.2 Å². The van der Waals surface area contributed by atoms with Crippen LogP contribution in [0.2, 0.25) is 0 Å². The van der Waals surface area contributed by atoms with Gasteiger partial charge in [0.15, 0.2) is 0 Å². The summed E-state index contributed by atoms with van der Waals surface area (Å²) in [4.78, 5) is 0.413. The number of hydrogen-bond acceptors (Lipinski definition) is 3. The summed E-state index contributed by atoms with van der Waals surface area (Å²) in [5, 5.41) is 3.58. The monoisotopic (exact) mass is 420 g/mol. The van der Waals surface area contributed by atoms with E-state index >= 15 is 0 Å². The van der Waals surface area contributed by atoms with Crippen molar-refractivity contribution in [2.75, 3.05) is 6.54 Å². The zero-order chi connectivity index (χ0) is 15.0. The van der Waals surface area contributed by atoms with Crippen LogP contribution >= 0.6 is 22.6 Å². The van der Waals surface area contributed by atoms with Crippen molar-refractivity contribution in [2.24, 2.45) is 0 Å². The van der Waals surface area contributed by atoms with Crippen LogP contribution in [-0.2, 0) is 10.0 Å². The van der Waals surface area contributed by atoms with Gasteiger partial charge in [-0.15, -0.1) is 0 Å². The summed E-state index contributed by atoms with van der Waals surface area (Å²) >= 11 is 2.19. The van der Waals surface area contributed by atoms with Crippen LogP contribution in [0.5, 0.6) is 0 Å². The molecule has 2 heterocycles. The first-order valence-corrected chi connectivity index (χ1v) is 10.1. The Morgan fingerprint density at radius 2 is 1.76 bits per heavy atom. The number of halogens is 1. The number of piperidine rings is 1. The molecule has 2 bridgehead atoms. The standard InChI is InChI=1S/C15H21IN2O2S/c1-2-18(14-9-12-5-6-13(10-14)17-12)21(19,20)15-7-3-11(16)4-8-15/h3-4,7-8,12-14,17H,2,5-6,9-10H2,1H3. The van der Waals surface area contributed by atoms with E-state index in [1.807, 2.05) is 19.1 Å². The summed E-state index contributed by atoms with van der Waals surface area (Å²) < 4.78 is 28.6.